The zero-order valence-electron chi connectivity index (χ0n) is 7.97. The first-order chi connectivity index (χ1) is 4.92. The molecule has 3 heteroatoms. The molecule has 0 radical (unpaired) electrons. The molecule has 66 valence electrons. The van der Waals surface area contributed by atoms with Gasteiger partial charge in [0.05, 0.1) is 0 Å². The number of hydrogen-bond acceptors (Lipinski definition) is 2. The fourth-order valence-corrected chi connectivity index (χ4v) is 2.16. The van der Waals surface area contributed by atoms with Gasteiger partial charge in [-0.2, -0.15) is 0 Å². The fraction of sp³-hybridized carbons (Fsp3) is 0.875. The summed E-state index contributed by atoms with van der Waals surface area (Å²) in [7, 11) is 0. The second-order valence-corrected chi connectivity index (χ2v) is 14.5. The molecule has 0 bridgehead atoms. The minimum atomic E-state index is -1.53. The van der Waals surface area contributed by atoms with E-state index < -0.39 is 21.8 Å². The molecule has 0 aromatic heterocycles. The van der Waals surface area contributed by atoms with Gasteiger partial charge >= 0.3 is 77.0 Å². The molecule has 2 nitrogen and oxygen atoms in total. The Labute approximate surface area is 77.0 Å². The van der Waals surface area contributed by atoms with E-state index in [1.165, 1.54) is 0 Å². The van der Waals surface area contributed by atoms with Crippen molar-refractivity contribution in [1.82, 2.24) is 0 Å². The van der Waals surface area contributed by atoms with Gasteiger partial charge in [-0.25, -0.2) is 0 Å². The summed E-state index contributed by atoms with van der Waals surface area (Å²) in [6.45, 7) is 6.36. The fourth-order valence-electron chi connectivity index (χ4n) is 0.490. The number of carbonyl (C=O) groups excluding carboxylic acids is 1. The summed E-state index contributed by atoms with van der Waals surface area (Å²) in [6.07, 6.45) is 0. The third-order valence-electron chi connectivity index (χ3n) is 1.89. The van der Waals surface area contributed by atoms with Crippen LogP contribution in [0.5, 0.6) is 0 Å². The molecule has 0 unspecified atom stereocenters. The molecule has 11 heavy (non-hydrogen) atoms. The van der Waals surface area contributed by atoms with Crippen LogP contribution in [0.15, 0.2) is 0 Å². The van der Waals surface area contributed by atoms with Crippen LogP contribution in [-0.2, 0) is 9.53 Å². The van der Waals surface area contributed by atoms with E-state index in [0.717, 1.165) is 0 Å². The molecule has 0 amide bonds. The van der Waals surface area contributed by atoms with Crippen molar-refractivity contribution in [2.24, 2.45) is 0 Å². The molecular formula is C8H17BiO2. The average molecular weight is 354 g/mol. The van der Waals surface area contributed by atoms with Crippen molar-refractivity contribution in [2.75, 3.05) is 6.61 Å². The molecule has 0 saturated carbocycles. The van der Waals surface area contributed by atoms with Gasteiger partial charge in [-0.1, -0.05) is 0 Å². The maximum atomic E-state index is 11.3. The summed E-state index contributed by atoms with van der Waals surface area (Å²) in [4.78, 5) is 11.3. The van der Waals surface area contributed by atoms with Crippen LogP contribution in [0, 0.1) is 0 Å². The second-order valence-electron chi connectivity index (χ2n) is 3.17. The Morgan fingerprint density at radius 2 is 1.91 bits per heavy atom. The van der Waals surface area contributed by atoms with Crippen molar-refractivity contribution in [3.8, 4) is 0 Å². The molecule has 0 spiro atoms. The molecule has 0 saturated heterocycles. The molecule has 0 aliphatic rings. The zero-order valence-corrected chi connectivity index (χ0v) is 11.4. The van der Waals surface area contributed by atoms with Crippen LogP contribution in [0.4, 0.5) is 0 Å². The van der Waals surface area contributed by atoms with Gasteiger partial charge < -0.3 is 0 Å². The first-order valence-corrected chi connectivity index (χ1v) is 12.5. The van der Waals surface area contributed by atoms with Crippen LogP contribution < -0.4 is 0 Å². The molecule has 0 fully saturated rings. The zero-order chi connectivity index (χ0) is 9.07. The van der Waals surface area contributed by atoms with E-state index in [0.29, 0.717) is 6.61 Å². The summed E-state index contributed by atoms with van der Waals surface area (Å²) < 4.78 is 9.29. The monoisotopic (exact) mass is 354 g/mol. The van der Waals surface area contributed by atoms with Gasteiger partial charge in [0.25, 0.3) is 0 Å². The Bertz CT molecular complexity index is 141. The first-order valence-electron chi connectivity index (χ1n) is 3.77. The van der Waals surface area contributed by atoms with Crippen molar-refractivity contribution < 1.29 is 9.53 Å². The molecule has 0 aromatic carbocycles. The van der Waals surface area contributed by atoms with Crippen molar-refractivity contribution >= 4 is 27.7 Å². The van der Waals surface area contributed by atoms with E-state index in [1.54, 1.807) is 0 Å². The average Bonchev–Trinajstić information content (AvgIpc) is 1.88. The Hall–Kier alpha value is 0.353. The van der Waals surface area contributed by atoms with E-state index in [2.05, 4.69) is 9.26 Å². The Morgan fingerprint density at radius 1 is 1.45 bits per heavy atom. The van der Waals surface area contributed by atoms with Gasteiger partial charge in [-0.05, 0) is 0 Å². The SMILES string of the molecule is CCOC(=O)[C](C)(C)[Bi]([CH3])[CH3]. The Balaban J connectivity index is 4.18. The van der Waals surface area contributed by atoms with Crippen molar-refractivity contribution in [1.29, 1.82) is 0 Å². The number of rotatable bonds is 3. The van der Waals surface area contributed by atoms with Gasteiger partial charge in [0.2, 0.25) is 0 Å². The molecule has 0 aliphatic carbocycles. The Kier molecular flexibility index (Phi) is 4.54. The summed E-state index contributed by atoms with van der Waals surface area (Å²) in [5.74, 6) is -0.0113. The van der Waals surface area contributed by atoms with E-state index in [4.69, 9.17) is 4.74 Å². The van der Waals surface area contributed by atoms with E-state index >= 15 is 0 Å². The summed E-state index contributed by atoms with van der Waals surface area (Å²) in [5.41, 5.74) is 0. The van der Waals surface area contributed by atoms with Gasteiger partial charge in [-0.3, -0.25) is 0 Å². The van der Waals surface area contributed by atoms with E-state index in [-0.39, 0.29) is 9.09 Å². The van der Waals surface area contributed by atoms with Crippen molar-refractivity contribution in [3.63, 3.8) is 0 Å². The number of carbonyl (C=O) groups is 1. The van der Waals surface area contributed by atoms with Gasteiger partial charge in [0.1, 0.15) is 0 Å². The van der Waals surface area contributed by atoms with Crippen LogP contribution in [0.3, 0.4) is 0 Å². The minimum absolute atomic E-state index is 0.0113. The molecule has 0 rings (SSSR count). The predicted molar refractivity (Wildman–Crippen MR) is 48.2 cm³/mol. The summed E-state index contributed by atoms with van der Waals surface area (Å²) >= 11 is -1.53. The number of esters is 1. The van der Waals surface area contributed by atoms with E-state index in [1.807, 2.05) is 20.8 Å². The molecule has 0 N–H and O–H groups in total. The topological polar surface area (TPSA) is 26.3 Å². The molecule has 0 aliphatic heterocycles. The van der Waals surface area contributed by atoms with Crippen LogP contribution in [0.25, 0.3) is 0 Å². The summed E-state index contributed by atoms with van der Waals surface area (Å²) in [6, 6.07) is 0. The molecule has 0 atom stereocenters. The number of ether oxygens (including phenoxy) is 1. The quantitative estimate of drug-likeness (QED) is 0.573. The number of hydrogen-bond donors (Lipinski definition) is 0. The summed E-state index contributed by atoms with van der Waals surface area (Å²) in [5, 5.41) is 0. The first kappa shape index (κ1) is 11.4. The predicted octanol–water partition coefficient (Wildman–Crippen LogP) is 2.08. The van der Waals surface area contributed by atoms with Crippen LogP contribution in [0.1, 0.15) is 20.8 Å². The molecule has 0 aromatic rings. The second kappa shape index (κ2) is 4.40. The third-order valence-corrected chi connectivity index (χ3v) is 11.3. The van der Waals surface area contributed by atoms with Crippen molar-refractivity contribution in [2.45, 2.75) is 33.2 Å². The maximum absolute atomic E-state index is 11.3. The van der Waals surface area contributed by atoms with Crippen LogP contribution >= 0.6 is 0 Å². The standard InChI is InChI=1S/C6H11O2.2CH3.Bi/c1-4-8-6(7)5(2)3;;;/h4H2,1-3H3;2*1H3;. The van der Waals surface area contributed by atoms with Crippen LogP contribution in [-0.4, -0.2) is 34.3 Å². The molecule has 0 heterocycles. The van der Waals surface area contributed by atoms with Crippen LogP contribution in [0.2, 0.25) is 12.4 Å². The van der Waals surface area contributed by atoms with Crippen molar-refractivity contribution in [3.05, 3.63) is 0 Å². The van der Waals surface area contributed by atoms with Gasteiger partial charge in [0, 0.05) is 0 Å². The molecular weight excluding hydrogens is 337 g/mol. The Morgan fingerprint density at radius 3 is 2.18 bits per heavy atom. The third kappa shape index (κ3) is 3.06. The normalized spacial score (nSPS) is 11.8. The van der Waals surface area contributed by atoms with E-state index in [9.17, 15) is 4.79 Å². The van der Waals surface area contributed by atoms with Gasteiger partial charge in [0.15, 0.2) is 0 Å². The van der Waals surface area contributed by atoms with Gasteiger partial charge in [-0.15, -0.1) is 0 Å².